The van der Waals surface area contributed by atoms with Gasteiger partial charge >= 0.3 is 0 Å². The van der Waals surface area contributed by atoms with Gasteiger partial charge in [-0.15, -0.1) is 0 Å². The fourth-order valence-electron chi connectivity index (χ4n) is 3.62. The van der Waals surface area contributed by atoms with Gasteiger partial charge in [0.2, 0.25) is 0 Å². The van der Waals surface area contributed by atoms with Gasteiger partial charge in [0.15, 0.2) is 0 Å². The van der Waals surface area contributed by atoms with E-state index >= 15 is 0 Å². The number of nitrogens with one attached hydrogen (secondary N) is 1. The second-order valence-corrected chi connectivity index (χ2v) is 7.28. The molecule has 1 aliphatic heterocycles. The summed E-state index contributed by atoms with van der Waals surface area (Å²) in [4.78, 5) is 21.7. The Hall–Kier alpha value is -3.74. The maximum Gasteiger partial charge on any atom is 0.257 e. The molecule has 0 atom stereocenters. The molecule has 2 N–H and O–H groups in total. The number of ether oxygens (including phenoxy) is 1. The van der Waals surface area contributed by atoms with Crippen molar-refractivity contribution in [3.8, 4) is 11.5 Å². The summed E-state index contributed by atoms with van der Waals surface area (Å²) in [7, 11) is 0. The number of hydrogen-bond acceptors (Lipinski definition) is 6. The van der Waals surface area contributed by atoms with Crippen LogP contribution in [-0.2, 0) is 0 Å². The van der Waals surface area contributed by atoms with Gasteiger partial charge in [-0.05, 0) is 67.6 Å². The fraction of sp³-hybridized carbons (Fsp3) is 0.250. The Balaban J connectivity index is 1.43. The topological polar surface area (TPSA) is 77.9 Å². The number of nitrogens with zero attached hydrogens (tertiary/aromatic N) is 3. The Kier molecular flexibility index (Phi) is 6.21. The molecule has 1 saturated heterocycles. The number of aromatic nitrogens is 1. The van der Waals surface area contributed by atoms with Crippen molar-refractivity contribution in [3.05, 3.63) is 72.4 Å². The fourth-order valence-corrected chi connectivity index (χ4v) is 3.62. The van der Waals surface area contributed by atoms with Crippen molar-refractivity contribution in [1.29, 1.82) is 0 Å². The molecular weight excluding hydrogens is 392 g/mol. The highest BCUT2D eigenvalue weighted by atomic mass is 16.5. The van der Waals surface area contributed by atoms with E-state index in [2.05, 4.69) is 15.2 Å². The molecule has 0 radical (unpaired) electrons. The molecule has 1 fully saturated rings. The smallest absolute Gasteiger partial charge is 0.257 e. The van der Waals surface area contributed by atoms with Crippen LogP contribution in [0, 0.1) is 0 Å². The van der Waals surface area contributed by atoms with Crippen LogP contribution in [0.5, 0.6) is 11.5 Å². The number of aromatic hydroxyl groups is 1. The Morgan fingerprint density at radius 1 is 1.03 bits per heavy atom. The van der Waals surface area contributed by atoms with Gasteiger partial charge in [0.25, 0.3) is 5.91 Å². The first-order chi connectivity index (χ1) is 15.1. The molecule has 2 heterocycles. The minimum atomic E-state index is -0.0353. The number of phenolic OH excluding ortho intramolecular Hbond substituents is 1. The molecule has 2 aromatic carbocycles. The summed E-state index contributed by atoms with van der Waals surface area (Å²) in [5, 5.41) is 12.7. The minimum Gasteiger partial charge on any atom is -0.508 e. The van der Waals surface area contributed by atoms with Gasteiger partial charge in [-0.3, -0.25) is 4.79 Å². The maximum absolute atomic E-state index is 13.2. The minimum absolute atomic E-state index is 0.0353. The van der Waals surface area contributed by atoms with Gasteiger partial charge in [0, 0.05) is 43.8 Å². The molecule has 1 aromatic heterocycles. The van der Waals surface area contributed by atoms with Crippen LogP contribution in [0.1, 0.15) is 17.3 Å². The Morgan fingerprint density at radius 2 is 1.74 bits per heavy atom. The lowest BCUT2D eigenvalue weighted by atomic mass is 10.2. The van der Waals surface area contributed by atoms with Crippen LogP contribution in [0.2, 0.25) is 0 Å². The standard InChI is InChI=1S/C24H26N4O3/c1-2-31-21-11-5-18(6-12-21)26-23-22(4-3-13-25-23)24(30)28-16-14-27(15-17-28)19-7-9-20(29)10-8-19/h3-13,29H,2,14-17H2,1H3,(H,25,26). The first-order valence-electron chi connectivity index (χ1n) is 10.4. The second kappa shape index (κ2) is 9.38. The zero-order valence-corrected chi connectivity index (χ0v) is 17.5. The average molecular weight is 418 g/mol. The number of carbonyl (C=O) groups excluding carboxylic acids is 1. The molecule has 0 spiro atoms. The lowest BCUT2D eigenvalue weighted by Gasteiger charge is -2.36. The Morgan fingerprint density at radius 3 is 2.42 bits per heavy atom. The van der Waals surface area contributed by atoms with Crippen LogP contribution >= 0.6 is 0 Å². The number of phenols is 1. The summed E-state index contributed by atoms with van der Waals surface area (Å²) in [5.41, 5.74) is 2.44. The lowest BCUT2D eigenvalue weighted by molar-refractivity contribution is 0.0747. The number of amides is 1. The molecule has 7 heteroatoms. The highest BCUT2D eigenvalue weighted by Gasteiger charge is 2.24. The van der Waals surface area contributed by atoms with Crippen LogP contribution < -0.4 is 15.0 Å². The number of anilines is 3. The zero-order valence-electron chi connectivity index (χ0n) is 17.5. The predicted molar refractivity (Wildman–Crippen MR) is 121 cm³/mol. The van der Waals surface area contributed by atoms with Crippen LogP contribution in [0.4, 0.5) is 17.2 Å². The Labute approximate surface area is 181 Å². The van der Waals surface area contributed by atoms with E-state index in [0.717, 1.165) is 30.2 Å². The van der Waals surface area contributed by atoms with E-state index in [1.54, 1.807) is 30.5 Å². The summed E-state index contributed by atoms with van der Waals surface area (Å²) in [6.07, 6.45) is 1.68. The number of pyridine rings is 1. The monoisotopic (exact) mass is 418 g/mol. The van der Waals surface area contributed by atoms with Crippen molar-refractivity contribution in [2.45, 2.75) is 6.92 Å². The first-order valence-corrected chi connectivity index (χ1v) is 10.4. The zero-order chi connectivity index (χ0) is 21.6. The number of rotatable bonds is 6. The summed E-state index contributed by atoms with van der Waals surface area (Å²) in [6.45, 7) is 5.28. The van der Waals surface area contributed by atoms with Crippen LogP contribution in [0.15, 0.2) is 66.9 Å². The highest BCUT2D eigenvalue weighted by molar-refractivity contribution is 5.99. The van der Waals surface area contributed by atoms with Gasteiger partial charge in [-0.1, -0.05) is 0 Å². The number of benzene rings is 2. The van der Waals surface area contributed by atoms with Crippen molar-refractivity contribution < 1.29 is 14.6 Å². The van der Waals surface area contributed by atoms with Crippen LogP contribution in [0.25, 0.3) is 0 Å². The maximum atomic E-state index is 13.2. The van der Waals surface area contributed by atoms with E-state index < -0.39 is 0 Å². The normalized spacial score (nSPS) is 13.7. The summed E-state index contributed by atoms with van der Waals surface area (Å²) >= 11 is 0. The molecule has 1 amide bonds. The molecule has 0 aliphatic carbocycles. The highest BCUT2D eigenvalue weighted by Crippen LogP contribution is 2.24. The average Bonchev–Trinajstić information content (AvgIpc) is 2.81. The molecule has 4 rings (SSSR count). The van der Waals surface area contributed by atoms with Crippen LogP contribution in [0.3, 0.4) is 0 Å². The van der Waals surface area contributed by atoms with E-state index in [9.17, 15) is 9.90 Å². The third kappa shape index (κ3) is 4.88. The SMILES string of the molecule is CCOc1ccc(Nc2ncccc2C(=O)N2CCN(c3ccc(O)cc3)CC2)cc1. The van der Waals surface area contributed by atoms with Gasteiger partial charge < -0.3 is 25.0 Å². The molecule has 31 heavy (non-hydrogen) atoms. The third-order valence-corrected chi connectivity index (χ3v) is 5.25. The molecule has 0 bridgehead atoms. The summed E-state index contributed by atoms with van der Waals surface area (Å²) in [5.74, 6) is 1.56. The third-order valence-electron chi connectivity index (χ3n) is 5.25. The summed E-state index contributed by atoms with van der Waals surface area (Å²) < 4.78 is 5.48. The molecule has 3 aromatic rings. The first kappa shape index (κ1) is 20.5. The van der Waals surface area contributed by atoms with E-state index in [4.69, 9.17) is 4.74 Å². The molecule has 160 valence electrons. The predicted octanol–water partition coefficient (Wildman–Crippen LogP) is 3.89. The van der Waals surface area contributed by atoms with E-state index in [1.807, 2.05) is 48.2 Å². The number of carbonyl (C=O) groups is 1. The molecule has 0 saturated carbocycles. The van der Waals surface area contributed by atoms with Crippen molar-refractivity contribution in [1.82, 2.24) is 9.88 Å². The van der Waals surface area contributed by atoms with Gasteiger partial charge in [0.05, 0.1) is 12.2 Å². The van der Waals surface area contributed by atoms with Crippen molar-refractivity contribution >= 4 is 23.1 Å². The van der Waals surface area contributed by atoms with E-state index in [1.165, 1.54) is 0 Å². The summed E-state index contributed by atoms with van der Waals surface area (Å²) in [6, 6.07) is 18.3. The largest absolute Gasteiger partial charge is 0.508 e. The van der Waals surface area contributed by atoms with Crippen molar-refractivity contribution in [2.75, 3.05) is 43.0 Å². The second-order valence-electron chi connectivity index (χ2n) is 7.28. The molecular formula is C24H26N4O3. The van der Waals surface area contributed by atoms with E-state index in [-0.39, 0.29) is 11.7 Å². The lowest BCUT2D eigenvalue weighted by Crippen LogP contribution is -2.48. The number of hydrogen-bond donors (Lipinski definition) is 2. The van der Waals surface area contributed by atoms with Crippen molar-refractivity contribution in [2.24, 2.45) is 0 Å². The molecule has 7 nitrogen and oxygen atoms in total. The van der Waals surface area contributed by atoms with Gasteiger partial charge in [-0.2, -0.15) is 0 Å². The molecule has 0 unspecified atom stereocenters. The number of piperazine rings is 1. The van der Waals surface area contributed by atoms with Crippen LogP contribution in [-0.4, -0.2) is 53.7 Å². The van der Waals surface area contributed by atoms with Gasteiger partial charge in [-0.25, -0.2) is 4.98 Å². The van der Waals surface area contributed by atoms with Gasteiger partial charge in [0.1, 0.15) is 17.3 Å². The molecule has 1 aliphatic rings. The van der Waals surface area contributed by atoms with E-state index in [0.29, 0.717) is 31.1 Å². The van der Waals surface area contributed by atoms with Crippen molar-refractivity contribution in [3.63, 3.8) is 0 Å². The quantitative estimate of drug-likeness (QED) is 0.632. The Bertz CT molecular complexity index is 1010.